The molecule has 0 aliphatic rings. The molecule has 0 radical (unpaired) electrons. The molecule has 166 valence electrons. The molecule has 0 heterocycles. The van der Waals surface area contributed by atoms with Gasteiger partial charge in [0.2, 0.25) is 0 Å². The topological polar surface area (TPSA) is 78.8 Å². The number of sulfonamides is 1. The van der Waals surface area contributed by atoms with Gasteiger partial charge in [-0.3, -0.25) is 9.10 Å². The molecular weight excluding hydrogens is 429 g/mol. The highest BCUT2D eigenvalue weighted by molar-refractivity contribution is 7.92. The van der Waals surface area contributed by atoms with Crippen LogP contribution in [0.2, 0.25) is 0 Å². The maximum atomic E-state index is 13.4. The average molecular weight is 454 g/mol. The highest BCUT2D eigenvalue weighted by atomic mass is 32.2. The molecule has 0 aromatic heterocycles. The van der Waals surface area contributed by atoms with Gasteiger partial charge in [0.05, 0.1) is 16.3 Å². The smallest absolute Gasteiger partial charge is 0.264 e. The van der Waals surface area contributed by atoms with Crippen LogP contribution >= 0.6 is 0 Å². The van der Waals surface area contributed by atoms with Gasteiger partial charge in [0.15, 0.2) is 0 Å². The van der Waals surface area contributed by atoms with Crippen LogP contribution in [0.25, 0.3) is 0 Å². The molecular formula is C24H24FN3O3S. The molecule has 0 spiro atoms. The lowest BCUT2D eigenvalue weighted by Crippen LogP contribution is -2.40. The number of hydrazone groups is 1. The van der Waals surface area contributed by atoms with Crippen LogP contribution < -0.4 is 9.73 Å². The number of carbonyl (C=O) groups excluding carboxylic acids is 1. The highest BCUT2D eigenvalue weighted by Gasteiger charge is 2.28. The van der Waals surface area contributed by atoms with Gasteiger partial charge in [-0.25, -0.2) is 18.2 Å². The third-order valence-electron chi connectivity index (χ3n) is 4.89. The van der Waals surface area contributed by atoms with Crippen molar-refractivity contribution in [2.75, 3.05) is 10.8 Å². The number of benzene rings is 3. The first kappa shape index (κ1) is 23.1. The number of anilines is 1. The summed E-state index contributed by atoms with van der Waals surface area (Å²) in [5.41, 5.74) is 5.53. The number of carbonyl (C=O) groups is 1. The maximum Gasteiger partial charge on any atom is 0.264 e. The van der Waals surface area contributed by atoms with Crippen LogP contribution in [0.5, 0.6) is 0 Å². The van der Waals surface area contributed by atoms with Gasteiger partial charge in [-0.2, -0.15) is 5.10 Å². The quantitative estimate of drug-likeness (QED) is 0.431. The van der Waals surface area contributed by atoms with E-state index in [4.69, 9.17) is 0 Å². The molecule has 6 nitrogen and oxygen atoms in total. The van der Waals surface area contributed by atoms with Gasteiger partial charge in [-0.05, 0) is 62.2 Å². The number of aryl methyl sites for hydroxylation is 2. The fourth-order valence-electron chi connectivity index (χ4n) is 3.05. The molecule has 0 bridgehead atoms. The van der Waals surface area contributed by atoms with E-state index in [-0.39, 0.29) is 10.7 Å². The Morgan fingerprint density at radius 3 is 2.22 bits per heavy atom. The zero-order valence-corrected chi connectivity index (χ0v) is 18.9. The van der Waals surface area contributed by atoms with Crippen LogP contribution in [0.3, 0.4) is 0 Å². The van der Waals surface area contributed by atoms with E-state index in [0.29, 0.717) is 22.5 Å². The molecule has 0 atom stereocenters. The largest absolute Gasteiger partial charge is 0.271 e. The van der Waals surface area contributed by atoms with Crippen LogP contribution in [0, 0.1) is 19.7 Å². The Morgan fingerprint density at radius 1 is 0.969 bits per heavy atom. The lowest BCUT2D eigenvalue weighted by Gasteiger charge is -2.25. The molecule has 1 amide bonds. The average Bonchev–Trinajstić information content (AvgIpc) is 2.77. The summed E-state index contributed by atoms with van der Waals surface area (Å²) in [4.78, 5) is 12.8. The van der Waals surface area contributed by atoms with Gasteiger partial charge in [-0.15, -0.1) is 0 Å². The Morgan fingerprint density at radius 2 is 1.59 bits per heavy atom. The van der Waals surface area contributed by atoms with Crippen molar-refractivity contribution >= 4 is 27.3 Å². The summed E-state index contributed by atoms with van der Waals surface area (Å²) < 4.78 is 41.0. The van der Waals surface area contributed by atoms with E-state index in [2.05, 4.69) is 10.5 Å². The summed E-state index contributed by atoms with van der Waals surface area (Å²) >= 11 is 0. The van der Waals surface area contributed by atoms with E-state index >= 15 is 0 Å². The molecule has 32 heavy (non-hydrogen) atoms. The van der Waals surface area contributed by atoms with Crippen LogP contribution in [0.1, 0.15) is 23.6 Å². The third kappa shape index (κ3) is 5.39. The van der Waals surface area contributed by atoms with Crippen LogP contribution in [-0.2, 0) is 14.8 Å². The van der Waals surface area contributed by atoms with Crippen LogP contribution in [0.4, 0.5) is 10.1 Å². The second-order valence-electron chi connectivity index (χ2n) is 7.35. The fraction of sp³-hybridized carbons (Fsp3) is 0.167. The molecule has 0 aliphatic carbocycles. The van der Waals surface area contributed by atoms with Crippen molar-refractivity contribution in [3.63, 3.8) is 0 Å². The summed E-state index contributed by atoms with van der Waals surface area (Å²) in [6, 6.07) is 19.1. The molecule has 3 rings (SSSR count). The summed E-state index contributed by atoms with van der Waals surface area (Å²) in [5.74, 6) is -0.980. The normalized spacial score (nSPS) is 11.8. The van der Waals surface area contributed by atoms with E-state index in [1.807, 2.05) is 6.92 Å². The first-order valence-corrected chi connectivity index (χ1v) is 11.4. The van der Waals surface area contributed by atoms with Gasteiger partial charge in [-0.1, -0.05) is 48.0 Å². The van der Waals surface area contributed by atoms with E-state index in [1.165, 1.54) is 24.3 Å². The zero-order chi connectivity index (χ0) is 23.3. The minimum absolute atomic E-state index is 0.0881. The fourth-order valence-corrected chi connectivity index (χ4v) is 4.53. The van der Waals surface area contributed by atoms with Crippen molar-refractivity contribution in [2.45, 2.75) is 25.7 Å². The lowest BCUT2D eigenvalue weighted by molar-refractivity contribution is -0.119. The number of nitrogens with zero attached hydrogens (tertiary/aromatic N) is 2. The van der Waals surface area contributed by atoms with Crippen molar-refractivity contribution in [2.24, 2.45) is 5.10 Å². The summed E-state index contributed by atoms with van der Waals surface area (Å²) in [6.07, 6.45) is 0. The molecule has 0 aliphatic heterocycles. The highest BCUT2D eigenvalue weighted by Crippen LogP contribution is 2.26. The van der Waals surface area contributed by atoms with Crippen molar-refractivity contribution < 1.29 is 17.6 Å². The molecule has 0 saturated carbocycles. The first-order valence-electron chi connectivity index (χ1n) is 9.92. The Labute approximate surface area is 187 Å². The number of nitrogens with one attached hydrogen (secondary N) is 1. The summed E-state index contributed by atoms with van der Waals surface area (Å²) in [5, 5.41) is 4.03. The van der Waals surface area contributed by atoms with E-state index in [9.17, 15) is 17.6 Å². The Bertz CT molecular complexity index is 1240. The Kier molecular flexibility index (Phi) is 7.05. The second-order valence-corrected chi connectivity index (χ2v) is 9.21. The monoisotopic (exact) mass is 453 g/mol. The zero-order valence-electron chi connectivity index (χ0n) is 18.0. The second kappa shape index (κ2) is 9.74. The first-order chi connectivity index (χ1) is 15.2. The molecule has 0 saturated heterocycles. The minimum atomic E-state index is -4.00. The van der Waals surface area contributed by atoms with Gasteiger partial charge >= 0.3 is 0 Å². The molecule has 3 aromatic carbocycles. The standard InChI is InChI=1S/C24H24FN3O3S/c1-17-8-14-22(15-9-17)32(30,31)28(23-7-5-4-6-18(23)2)16-24(29)27-26-19(3)20-10-12-21(25)13-11-20/h4-15H,16H2,1-3H3,(H,27,29)/b26-19+. The summed E-state index contributed by atoms with van der Waals surface area (Å²) in [7, 11) is -4.00. The van der Waals surface area contributed by atoms with Crippen molar-refractivity contribution in [1.29, 1.82) is 0 Å². The lowest BCUT2D eigenvalue weighted by atomic mass is 10.1. The van der Waals surface area contributed by atoms with Crippen molar-refractivity contribution in [3.05, 3.63) is 95.3 Å². The Balaban J connectivity index is 1.88. The molecule has 8 heteroatoms. The molecule has 0 unspecified atom stereocenters. The molecule has 1 N–H and O–H groups in total. The predicted molar refractivity (Wildman–Crippen MR) is 124 cm³/mol. The third-order valence-corrected chi connectivity index (χ3v) is 6.66. The SMILES string of the molecule is C/C(=N\NC(=O)CN(c1ccccc1C)S(=O)(=O)c1ccc(C)cc1)c1ccc(F)cc1. The van der Waals surface area contributed by atoms with Crippen molar-refractivity contribution in [1.82, 2.24) is 5.43 Å². The van der Waals surface area contributed by atoms with E-state index < -0.39 is 22.5 Å². The Hall–Kier alpha value is -3.52. The van der Waals surface area contributed by atoms with Crippen LogP contribution in [0.15, 0.2) is 82.8 Å². The van der Waals surface area contributed by atoms with Gasteiger partial charge in [0.25, 0.3) is 15.9 Å². The van der Waals surface area contributed by atoms with Gasteiger partial charge in [0.1, 0.15) is 12.4 Å². The van der Waals surface area contributed by atoms with Crippen LogP contribution in [-0.4, -0.2) is 26.6 Å². The number of hydrogen-bond acceptors (Lipinski definition) is 4. The number of halogens is 1. The predicted octanol–water partition coefficient (Wildman–Crippen LogP) is 4.18. The van der Waals surface area contributed by atoms with E-state index in [0.717, 1.165) is 9.87 Å². The number of hydrogen-bond donors (Lipinski definition) is 1. The van der Waals surface area contributed by atoms with E-state index in [1.54, 1.807) is 62.4 Å². The van der Waals surface area contributed by atoms with Gasteiger partial charge < -0.3 is 0 Å². The van der Waals surface area contributed by atoms with Crippen molar-refractivity contribution in [3.8, 4) is 0 Å². The summed E-state index contributed by atoms with van der Waals surface area (Å²) in [6.45, 7) is 4.85. The number of amides is 1. The van der Waals surface area contributed by atoms with Gasteiger partial charge in [0, 0.05) is 0 Å². The maximum absolute atomic E-state index is 13.4. The number of para-hydroxylation sites is 1. The minimum Gasteiger partial charge on any atom is -0.271 e. The molecule has 3 aromatic rings. The number of rotatable bonds is 7. The molecule has 0 fully saturated rings.